The minimum Gasteiger partial charge on any atom is -0.504 e. The molecule has 1 N–H and O–H groups in total. The lowest BCUT2D eigenvalue weighted by Gasteiger charge is -2.06. The van der Waals surface area contributed by atoms with Crippen LogP contribution in [0.15, 0.2) is 41.2 Å². The number of hydrogen-bond acceptors (Lipinski definition) is 3. The minimum atomic E-state index is -0.495. The molecule has 0 bridgehead atoms. The number of benzene rings is 1. The average Bonchev–Trinajstić information content (AvgIpc) is 2.51. The quantitative estimate of drug-likeness (QED) is 0.898. The van der Waals surface area contributed by atoms with Crippen LogP contribution < -0.4 is 10.2 Å². The second-order valence-electron chi connectivity index (χ2n) is 4.48. The van der Waals surface area contributed by atoms with Crippen LogP contribution >= 0.6 is 0 Å². The molecule has 2 rings (SSSR count). The smallest absolute Gasteiger partial charge is 0.261 e. The van der Waals surface area contributed by atoms with Gasteiger partial charge in [0.2, 0.25) is 0 Å². The lowest BCUT2D eigenvalue weighted by atomic mass is 9.98. The van der Waals surface area contributed by atoms with Crippen LogP contribution in [0.25, 0.3) is 11.1 Å². The zero-order valence-electron chi connectivity index (χ0n) is 11.2. The van der Waals surface area contributed by atoms with E-state index in [1.807, 2.05) is 38.1 Å². The summed E-state index contributed by atoms with van der Waals surface area (Å²) in [6.45, 7) is 3.89. The highest BCUT2D eigenvalue weighted by Crippen LogP contribution is 2.28. The third kappa shape index (κ3) is 2.45. The molecule has 0 atom stereocenters. The van der Waals surface area contributed by atoms with E-state index in [0.29, 0.717) is 0 Å². The maximum atomic E-state index is 11.8. The molecule has 0 amide bonds. The van der Waals surface area contributed by atoms with Crippen molar-refractivity contribution in [2.75, 3.05) is 7.11 Å². The Bertz CT molecular complexity index is 675. The van der Waals surface area contributed by atoms with E-state index in [9.17, 15) is 9.90 Å². The van der Waals surface area contributed by atoms with E-state index in [1.54, 1.807) is 6.07 Å². The molecule has 3 nitrogen and oxygen atoms in total. The predicted octanol–water partition coefficient (Wildman–Crippen LogP) is 3.04. The third-order valence-corrected chi connectivity index (χ3v) is 3.17. The largest absolute Gasteiger partial charge is 0.504 e. The standard InChI is InChI=1S/C16H16O3/c1-10-6-4-5-7-12(10)13-9-14(17)16(18)15(19-3)8-11(13)2/h4-9H,1-3H3,(H,17,18). The van der Waals surface area contributed by atoms with Crippen LogP contribution in [0, 0.1) is 13.8 Å². The molecule has 0 aliphatic heterocycles. The van der Waals surface area contributed by atoms with Crippen LogP contribution in [0.5, 0.6) is 11.5 Å². The first-order valence-corrected chi connectivity index (χ1v) is 6.02. The number of ether oxygens (including phenoxy) is 1. The Labute approximate surface area is 112 Å². The van der Waals surface area contributed by atoms with E-state index in [-0.39, 0.29) is 11.5 Å². The van der Waals surface area contributed by atoms with Gasteiger partial charge in [-0.3, -0.25) is 4.79 Å². The topological polar surface area (TPSA) is 46.5 Å². The van der Waals surface area contributed by atoms with Gasteiger partial charge in [-0.15, -0.1) is 0 Å². The molecular formula is C16H16O3. The Hall–Kier alpha value is -2.29. The molecule has 2 aromatic carbocycles. The van der Waals surface area contributed by atoms with Crippen LogP contribution in [-0.2, 0) is 0 Å². The van der Waals surface area contributed by atoms with Crippen molar-refractivity contribution in [3.8, 4) is 22.6 Å². The molecule has 3 heteroatoms. The normalized spacial score (nSPS) is 10.3. The van der Waals surface area contributed by atoms with Crippen LogP contribution in [-0.4, -0.2) is 12.2 Å². The van der Waals surface area contributed by atoms with Gasteiger partial charge in [0.05, 0.1) is 7.11 Å². The highest BCUT2D eigenvalue weighted by molar-refractivity contribution is 5.71. The summed E-state index contributed by atoms with van der Waals surface area (Å²) in [4.78, 5) is 11.8. The van der Waals surface area contributed by atoms with Crippen LogP contribution in [0.4, 0.5) is 0 Å². The first-order chi connectivity index (χ1) is 9.04. The predicted molar refractivity (Wildman–Crippen MR) is 75.8 cm³/mol. The van der Waals surface area contributed by atoms with Crippen molar-refractivity contribution < 1.29 is 9.84 Å². The molecule has 0 aliphatic rings. The van der Waals surface area contributed by atoms with Gasteiger partial charge in [-0.2, -0.15) is 0 Å². The molecule has 0 saturated heterocycles. The van der Waals surface area contributed by atoms with E-state index in [2.05, 4.69) is 0 Å². The van der Waals surface area contributed by atoms with Gasteiger partial charge in [-0.05, 0) is 48.2 Å². The van der Waals surface area contributed by atoms with Crippen molar-refractivity contribution in [2.24, 2.45) is 0 Å². The molecule has 19 heavy (non-hydrogen) atoms. The van der Waals surface area contributed by atoms with Crippen LogP contribution in [0.2, 0.25) is 0 Å². The van der Waals surface area contributed by atoms with Gasteiger partial charge in [0.15, 0.2) is 11.5 Å². The molecule has 0 spiro atoms. The van der Waals surface area contributed by atoms with Gasteiger partial charge >= 0.3 is 0 Å². The van der Waals surface area contributed by atoms with E-state index < -0.39 is 5.43 Å². The lowest BCUT2D eigenvalue weighted by molar-refractivity contribution is 0.403. The molecule has 0 aliphatic carbocycles. The SMILES string of the molecule is COc1cc(C)c(-c2ccccc2C)cc(O)c1=O. The van der Waals surface area contributed by atoms with Gasteiger partial charge in [-0.25, -0.2) is 0 Å². The zero-order chi connectivity index (χ0) is 14.0. The van der Waals surface area contributed by atoms with E-state index in [1.165, 1.54) is 13.2 Å². The third-order valence-electron chi connectivity index (χ3n) is 3.17. The Morgan fingerprint density at radius 2 is 1.68 bits per heavy atom. The monoisotopic (exact) mass is 256 g/mol. The fraction of sp³-hybridized carbons (Fsp3) is 0.188. The Balaban J connectivity index is 2.80. The van der Waals surface area contributed by atoms with E-state index in [0.717, 1.165) is 22.3 Å². The number of aromatic hydroxyl groups is 1. The molecule has 2 aromatic rings. The number of hydrogen-bond donors (Lipinski definition) is 1. The van der Waals surface area contributed by atoms with Crippen LogP contribution in [0.3, 0.4) is 0 Å². The summed E-state index contributed by atoms with van der Waals surface area (Å²) in [6, 6.07) is 11.0. The van der Waals surface area contributed by atoms with Gasteiger partial charge in [0, 0.05) is 0 Å². The average molecular weight is 256 g/mol. The highest BCUT2D eigenvalue weighted by atomic mass is 16.5. The van der Waals surface area contributed by atoms with Gasteiger partial charge < -0.3 is 9.84 Å². The van der Waals surface area contributed by atoms with Crippen molar-refractivity contribution in [1.29, 1.82) is 0 Å². The van der Waals surface area contributed by atoms with Gasteiger partial charge in [-0.1, -0.05) is 24.3 Å². The number of methoxy groups -OCH3 is 1. The maximum absolute atomic E-state index is 11.8. The molecule has 0 fully saturated rings. The summed E-state index contributed by atoms with van der Waals surface area (Å²) < 4.78 is 5.02. The first kappa shape index (κ1) is 13.1. The minimum absolute atomic E-state index is 0.148. The lowest BCUT2D eigenvalue weighted by Crippen LogP contribution is -2.00. The molecule has 0 unspecified atom stereocenters. The summed E-state index contributed by atoms with van der Waals surface area (Å²) in [5, 5.41) is 9.86. The summed E-state index contributed by atoms with van der Waals surface area (Å²) in [6.07, 6.45) is 0. The molecule has 0 aromatic heterocycles. The zero-order valence-corrected chi connectivity index (χ0v) is 11.2. The molecule has 0 radical (unpaired) electrons. The van der Waals surface area contributed by atoms with Crippen molar-refractivity contribution in [3.63, 3.8) is 0 Å². The second kappa shape index (κ2) is 5.14. The van der Waals surface area contributed by atoms with Crippen molar-refractivity contribution >= 4 is 0 Å². The second-order valence-corrected chi connectivity index (χ2v) is 4.48. The number of aryl methyl sites for hydroxylation is 2. The van der Waals surface area contributed by atoms with Gasteiger partial charge in [0.1, 0.15) is 0 Å². The fourth-order valence-corrected chi connectivity index (χ4v) is 2.10. The van der Waals surface area contributed by atoms with Crippen LogP contribution in [0.1, 0.15) is 11.1 Å². The Kier molecular flexibility index (Phi) is 3.56. The summed E-state index contributed by atoms with van der Waals surface area (Å²) in [5.74, 6) is -0.155. The molecule has 98 valence electrons. The first-order valence-electron chi connectivity index (χ1n) is 6.02. The highest BCUT2D eigenvalue weighted by Gasteiger charge is 2.10. The van der Waals surface area contributed by atoms with E-state index >= 15 is 0 Å². The summed E-state index contributed by atoms with van der Waals surface area (Å²) in [7, 11) is 1.42. The number of rotatable bonds is 2. The van der Waals surface area contributed by atoms with E-state index in [4.69, 9.17) is 4.74 Å². The van der Waals surface area contributed by atoms with Crippen molar-refractivity contribution in [1.82, 2.24) is 0 Å². The molecule has 0 saturated carbocycles. The Morgan fingerprint density at radius 1 is 1.00 bits per heavy atom. The summed E-state index contributed by atoms with van der Waals surface area (Å²) in [5.41, 5.74) is 3.29. The van der Waals surface area contributed by atoms with Gasteiger partial charge in [0.25, 0.3) is 5.43 Å². The van der Waals surface area contributed by atoms with Crippen molar-refractivity contribution in [3.05, 3.63) is 57.7 Å². The molecular weight excluding hydrogens is 240 g/mol. The fourth-order valence-electron chi connectivity index (χ4n) is 2.10. The maximum Gasteiger partial charge on any atom is 0.261 e. The summed E-state index contributed by atoms with van der Waals surface area (Å²) >= 11 is 0. The Morgan fingerprint density at radius 3 is 2.32 bits per heavy atom. The van der Waals surface area contributed by atoms with Crippen molar-refractivity contribution in [2.45, 2.75) is 13.8 Å². The molecule has 0 heterocycles.